The Morgan fingerprint density at radius 2 is 2.06 bits per heavy atom. The third-order valence-corrected chi connectivity index (χ3v) is 4.50. The molecule has 0 unspecified atom stereocenters. The fourth-order valence-corrected chi connectivity index (χ4v) is 3.59. The van der Waals surface area contributed by atoms with E-state index >= 15 is 0 Å². The van der Waals surface area contributed by atoms with Gasteiger partial charge in [-0.15, -0.1) is 0 Å². The zero-order valence-corrected chi connectivity index (χ0v) is 10.9. The molecule has 0 bridgehead atoms. The van der Waals surface area contributed by atoms with Crippen molar-refractivity contribution in [1.29, 1.82) is 0 Å². The summed E-state index contributed by atoms with van der Waals surface area (Å²) < 4.78 is 6.52. The monoisotopic (exact) mass is 296 g/mol. The van der Waals surface area contributed by atoms with E-state index in [0.717, 1.165) is 28.6 Å². The molecule has 1 aromatic rings. The predicted molar refractivity (Wildman–Crippen MR) is 66.7 cm³/mol. The molecular formula is C13H13BrO3. The first kappa shape index (κ1) is 11.1. The van der Waals surface area contributed by atoms with E-state index in [9.17, 15) is 4.79 Å². The number of carbonyl (C=O) groups is 1. The van der Waals surface area contributed by atoms with Crippen molar-refractivity contribution in [3.05, 3.63) is 27.7 Å². The molecule has 3 nitrogen and oxygen atoms in total. The number of aromatic carboxylic acids is 1. The maximum absolute atomic E-state index is 11.1. The van der Waals surface area contributed by atoms with Crippen molar-refractivity contribution in [2.75, 3.05) is 6.61 Å². The van der Waals surface area contributed by atoms with Gasteiger partial charge in [-0.05, 0) is 40.9 Å². The number of carboxylic acids is 1. The highest BCUT2D eigenvalue weighted by atomic mass is 79.9. The molecule has 1 spiro atoms. The van der Waals surface area contributed by atoms with Crippen LogP contribution in [-0.2, 0) is 5.41 Å². The molecule has 1 fully saturated rings. The Morgan fingerprint density at radius 1 is 1.35 bits per heavy atom. The fourth-order valence-electron chi connectivity index (χ4n) is 3.01. The average molecular weight is 297 g/mol. The van der Waals surface area contributed by atoms with Gasteiger partial charge in [0.15, 0.2) is 0 Å². The molecule has 1 heterocycles. The summed E-state index contributed by atoms with van der Waals surface area (Å²) in [5.74, 6) is -0.0366. The molecule has 0 radical (unpaired) electrons. The van der Waals surface area contributed by atoms with Gasteiger partial charge >= 0.3 is 5.97 Å². The van der Waals surface area contributed by atoms with Crippen LogP contribution in [0.5, 0.6) is 5.75 Å². The molecule has 2 aliphatic rings. The lowest BCUT2D eigenvalue weighted by Gasteiger charge is -2.21. The van der Waals surface area contributed by atoms with Crippen LogP contribution in [0.3, 0.4) is 0 Å². The van der Waals surface area contributed by atoms with E-state index in [4.69, 9.17) is 9.84 Å². The molecule has 90 valence electrons. The lowest BCUT2D eigenvalue weighted by atomic mass is 9.80. The van der Waals surface area contributed by atoms with Gasteiger partial charge in [0.1, 0.15) is 5.75 Å². The number of fused-ring (bicyclic) bond motifs is 2. The first-order valence-electron chi connectivity index (χ1n) is 5.82. The van der Waals surface area contributed by atoms with Crippen LogP contribution >= 0.6 is 15.9 Å². The minimum absolute atomic E-state index is 0.0727. The zero-order chi connectivity index (χ0) is 12.0. The van der Waals surface area contributed by atoms with E-state index < -0.39 is 5.97 Å². The maximum atomic E-state index is 11.1. The number of benzene rings is 1. The number of halogens is 1. The highest BCUT2D eigenvalue weighted by Gasteiger charge is 2.44. The van der Waals surface area contributed by atoms with Crippen molar-refractivity contribution in [3.63, 3.8) is 0 Å². The van der Waals surface area contributed by atoms with Crippen LogP contribution in [0.4, 0.5) is 0 Å². The summed E-state index contributed by atoms with van der Waals surface area (Å²) in [4.78, 5) is 11.1. The van der Waals surface area contributed by atoms with Crippen LogP contribution in [0.1, 0.15) is 41.6 Å². The Morgan fingerprint density at radius 3 is 2.71 bits per heavy atom. The summed E-state index contributed by atoms with van der Waals surface area (Å²) >= 11 is 3.41. The van der Waals surface area contributed by atoms with Gasteiger partial charge in [0.2, 0.25) is 0 Å². The molecular weight excluding hydrogens is 284 g/mol. The van der Waals surface area contributed by atoms with Gasteiger partial charge in [-0.25, -0.2) is 4.79 Å². The topological polar surface area (TPSA) is 46.5 Å². The highest BCUT2D eigenvalue weighted by Crippen LogP contribution is 2.51. The molecule has 17 heavy (non-hydrogen) atoms. The molecule has 1 aliphatic carbocycles. The maximum Gasteiger partial charge on any atom is 0.335 e. The van der Waals surface area contributed by atoms with Gasteiger partial charge < -0.3 is 9.84 Å². The highest BCUT2D eigenvalue weighted by molar-refractivity contribution is 9.10. The molecule has 0 saturated heterocycles. The van der Waals surface area contributed by atoms with E-state index in [1.54, 1.807) is 12.1 Å². The number of rotatable bonds is 1. The zero-order valence-electron chi connectivity index (χ0n) is 9.33. The van der Waals surface area contributed by atoms with Crippen molar-refractivity contribution < 1.29 is 14.6 Å². The SMILES string of the molecule is O=C(O)c1cc(Br)c2c(c1)C1(CCCC1)CO2. The first-order valence-corrected chi connectivity index (χ1v) is 6.62. The second-order valence-electron chi connectivity index (χ2n) is 4.92. The lowest BCUT2D eigenvalue weighted by Crippen LogP contribution is -2.23. The molecule has 0 atom stereocenters. The summed E-state index contributed by atoms with van der Waals surface area (Å²) in [5, 5.41) is 9.11. The molecule has 4 heteroatoms. The summed E-state index contributed by atoms with van der Waals surface area (Å²) in [6, 6.07) is 3.41. The largest absolute Gasteiger partial charge is 0.491 e. The molecule has 0 aromatic heterocycles. The Kier molecular flexibility index (Phi) is 2.43. The molecule has 3 rings (SSSR count). The van der Waals surface area contributed by atoms with Crippen molar-refractivity contribution in [2.45, 2.75) is 31.1 Å². The standard InChI is InChI=1S/C13H13BrO3/c14-10-6-8(12(15)16)5-9-11(10)17-7-13(9)3-1-2-4-13/h5-6H,1-4,7H2,(H,15,16). The Labute approximate surface area is 108 Å². The first-order chi connectivity index (χ1) is 8.12. The average Bonchev–Trinajstić information content (AvgIpc) is 2.89. The van der Waals surface area contributed by atoms with Crippen LogP contribution in [0.25, 0.3) is 0 Å². The molecule has 1 aromatic carbocycles. The number of carboxylic acid groups (broad SMARTS) is 1. The Hall–Kier alpha value is -1.03. The number of ether oxygens (including phenoxy) is 1. The normalized spacial score (nSPS) is 20.3. The van der Waals surface area contributed by atoms with Crippen LogP contribution < -0.4 is 4.74 Å². The molecule has 1 aliphatic heterocycles. The Balaban J connectivity index is 2.16. The minimum atomic E-state index is -0.881. The van der Waals surface area contributed by atoms with E-state index in [0.29, 0.717) is 12.2 Å². The number of hydrogen-bond acceptors (Lipinski definition) is 2. The molecule has 0 amide bonds. The van der Waals surface area contributed by atoms with Crippen LogP contribution in [0, 0.1) is 0 Å². The van der Waals surface area contributed by atoms with E-state index in [1.165, 1.54) is 12.8 Å². The van der Waals surface area contributed by atoms with Crippen molar-refractivity contribution in [1.82, 2.24) is 0 Å². The summed E-state index contributed by atoms with van der Waals surface area (Å²) in [7, 11) is 0. The van der Waals surface area contributed by atoms with Crippen LogP contribution in [0.2, 0.25) is 0 Å². The van der Waals surface area contributed by atoms with Gasteiger partial charge in [-0.2, -0.15) is 0 Å². The summed E-state index contributed by atoms with van der Waals surface area (Å²) in [6.45, 7) is 0.698. The van der Waals surface area contributed by atoms with Gasteiger partial charge in [-0.1, -0.05) is 12.8 Å². The van der Waals surface area contributed by atoms with Crippen molar-refractivity contribution >= 4 is 21.9 Å². The van der Waals surface area contributed by atoms with Crippen LogP contribution in [0.15, 0.2) is 16.6 Å². The van der Waals surface area contributed by atoms with Gasteiger partial charge in [0.25, 0.3) is 0 Å². The second-order valence-corrected chi connectivity index (χ2v) is 5.77. The molecule has 1 N–H and O–H groups in total. The van der Waals surface area contributed by atoms with E-state index in [1.807, 2.05) is 0 Å². The second kappa shape index (κ2) is 3.73. The van der Waals surface area contributed by atoms with Crippen molar-refractivity contribution in [3.8, 4) is 5.75 Å². The van der Waals surface area contributed by atoms with Gasteiger partial charge in [0.05, 0.1) is 16.6 Å². The third kappa shape index (κ3) is 1.58. The van der Waals surface area contributed by atoms with Crippen LogP contribution in [-0.4, -0.2) is 17.7 Å². The van der Waals surface area contributed by atoms with E-state index in [-0.39, 0.29) is 5.41 Å². The smallest absolute Gasteiger partial charge is 0.335 e. The van der Waals surface area contributed by atoms with Gasteiger partial charge in [-0.3, -0.25) is 0 Å². The quantitative estimate of drug-likeness (QED) is 0.864. The van der Waals surface area contributed by atoms with Crippen molar-refractivity contribution in [2.24, 2.45) is 0 Å². The summed E-state index contributed by atoms with van der Waals surface area (Å²) in [6.07, 6.45) is 4.63. The Bertz CT molecular complexity index is 490. The molecule has 1 saturated carbocycles. The lowest BCUT2D eigenvalue weighted by molar-refractivity contribution is 0.0696. The summed E-state index contributed by atoms with van der Waals surface area (Å²) in [5.41, 5.74) is 1.50. The van der Waals surface area contributed by atoms with Gasteiger partial charge in [0, 0.05) is 11.0 Å². The third-order valence-electron chi connectivity index (χ3n) is 3.92. The predicted octanol–water partition coefficient (Wildman–Crippen LogP) is 3.35. The fraction of sp³-hybridized carbons (Fsp3) is 0.462. The minimum Gasteiger partial charge on any atom is -0.491 e. The number of hydrogen-bond donors (Lipinski definition) is 1. The van der Waals surface area contributed by atoms with E-state index in [2.05, 4.69) is 15.9 Å².